The number of hydrogen-bond acceptors (Lipinski definition) is 12. The zero-order chi connectivity index (χ0) is 35.5. The second kappa shape index (κ2) is 12.2. The molecule has 4 aromatic rings. The molecule has 0 aliphatic carbocycles. The Morgan fingerprint density at radius 2 is 1.90 bits per heavy atom. The van der Waals surface area contributed by atoms with Crippen LogP contribution in [0, 0.1) is 11.3 Å². The molecule has 4 bridgehead atoms. The van der Waals surface area contributed by atoms with Crippen molar-refractivity contribution in [3.8, 4) is 17.3 Å². The van der Waals surface area contributed by atoms with Gasteiger partial charge in [-0.3, -0.25) is 9.59 Å². The highest BCUT2D eigenvalue weighted by molar-refractivity contribution is 5.90. The first-order chi connectivity index (χ1) is 23.8. The topological polar surface area (TPSA) is 187 Å². The van der Waals surface area contributed by atoms with Crippen LogP contribution < -0.4 is 20.7 Å². The Kier molecular flexibility index (Phi) is 8.08. The Morgan fingerprint density at radius 1 is 1.12 bits per heavy atom. The van der Waals surface area contributed by atoms with Crippen molar-refractivity contribution in [1.29, 1.82) is 0 Å². The van der Waals surface area contributed by atoms with Gasteiger partial charge in [0.25, 0.3) is 0 Å². The van der Waals surface area contributed by atoms with E-state index in [0.29, 0.717) is 17.2 Å². The molecule has 2 aromatic heterocycles. The molecule has 5 atom stereocenters. The predicted octanol–water partition coefficient (Wildman–Crippen LogP) is 4.35. The largest absolute Gasteiger partial charge is 0.508 e. The Balaban J connectivity index is 1.45. The molecule has 0 radical (unpaired) electrons. The molecule has 14 nitrogen and oxygen atoms in total. The van der Waals surface area contributed by atoms with E-state index in [4.69, 9.17) is 23.3 Å². The summed E-state index contributed by atoms with van der Waals surface area (Å²) in [6.07, 6.45) is -1.34. The molecule has 50 heavy (non-hydrogen) atoms. The molecule has 0 fully saturated rings. The first-order valence-corrected chi connectivity index (χ1v) is 16.4. The fourth-order valence-electron chi connectivity index (χ4n) is 6.80. The van der Waals surface area contributed by atoms with Gasteiger partial charge in [-0.25, -0.2) is 14.8 Å². The van der Waals surface area contributed by atoms with Gasteiger partial charge in [-0.15, -0.1) is 0 Å². The minimum atomic E-state index is -1.30. The van der Waals surface area contributed by atoms with Gasteiger partial charge in [-0.2, -0.15) is 0 Å². The number of para-hydroxylation sites is 1. The minimum absolute atomic E-state index is 0.0993. The third-order valence-corrected chi connectivity index (χ3v) is 9.38. The third-order valence-electron chi connectivity index (χ3n) is 9.38. The molecule has 3 unspecified atom stereocenters. The van der Waals surface area contributed by atoms with E-state index in [9.17, 15) is 19.5 Å². The van der Waals surface area contributed by atoms with E-state index in [1.807, 2.05) is 63.2 Å². The fraction of sp³-hybridized carbons (Fsp3) is 0.417. The van der Waals surface area contributed by atoms with Crippen LogP contribution in [0.25, 0.3) is 11.6 Å². The number of aliphatic hydroxyl groups is 1. The zero-order valence-corrected chi connectivity index (χ0v) is 28.5. The van der Waals surface area contributed by atoms with Gasteiger partial charge in [0.1, 0.15) is 47.9 Å². The van der Waals surface area contributed by atoms with Crippen LogP contribution in [0.4, 0.5) is 10.5 Å². The number of hydrogen-bond donors (Lipinski definition) is 4. The third kappa shape index (κ3) is 5.43. The van der Waals surface area contributed by atoms with Crippen molar-refractivity contribution < 1.29 is 42.5 Å². The molecule has 3 aliphatic heterocycles. The van der Waals surface area contributed by atoms with Crippen molar-refractivity contribution >= 4 is 23.7 Å². The predicted molar refractivity (Wildman–Crippen MR) is 177 cm³/mol. The quantitative estimate of drug-likeness (QED) is 0.211. The summed E-state index contributed by atoms with van der Waals surface area (Å²) in [5.41, 5.74) is 2.02. The van der Waals surface area contributed by atoms with E-state index < -0.39 is 53.2 Å². The molecule has 2 amide bonds. The number of amides is 2. The maximum atomic E-state index is 14.1. The lowest BCUT2D eigenvalue weighted by atomic mass is 9.72. The maximum absolute atomic E-state index is 14.1. The number of carbonyl (C=O) groups excluding carboxylic acids is 3. The molecule has 5 heterocycles. The Hall–Kier alpha value is -5.37. The molecule has 1 spiro atoms. The smallest absolute Gasteiger partial charge is 0.469 e. The first-order valence-electron chi connectivity index (χ1n) is 16.4. The van der Waals surface area contributed by atoms with Crippen molar-refractivity contribution in [3.63, 3.8) is 0 Å². The number of rotatable bonds is 6. The van der Waals surface area contributed by atoms with Gasteiger partial charge < -0.3 is 44.1 Å². The molecule has 4 N–H and O–H groups in total. The molecule has 7 rings (SSSR count). The van der Waals surface area contributed by atoms with Crippen LogP contribution in [0.5, 0.6) is 5.75 Å². The van der Waals surface area contributed by atoms with E-state index in [1.165, 1.54) is 13.4 Å². The van der Waals surface area contributed by atoms with Gasteiger partial charge in [0.05, 0.1) is 7.11 Å². The lowest BCUT2D eigenvalue weighted by molar-refractivity contribution is -0.136. The van der Waals surface area contributed by atoms with E-state index in [-0.39, 0.29) is 36.4 Å². The minimum Gasteiger partial charge on any atom is -0.469 e. The van der Waals surface area contributed by atoms with Crippen LogP contribution in [0.3, 0.4) is 0 Å². The Morgan fingerprint density at radius 3 is 2.64 bits per heavy atom. The molecule has 0 saturated heterocycles. The number of ether oxygens (including phenoxy) is 3. The monoisotopic (exact) mass is 685 g/mol. The molecule has 0 saturated carbocycles. The summed E-state index contributed by atoms with van der Waals surface area (Å²) < 4.78 is 29.1. The summed E-state index contributed by atoms with van der Waals surface area (Å²) in [5.74, 6) is -0.241. The van der Waals surface area contributed by atoms with Crippen molar-refractivity contribution in [2.45, 2.75) is 77.5 Å². The normalized spacial score (nSPS) is 22.6. The maximum Gasteiger partial charge on any atom is 0.508 e. The second-order valence-electron chi connectivity index (χ2n) is 14.2. The van der Waals surface area contributed by atoms with Crippen LogP contribution in [-0.4, -0.2) is 58.5 Å². The number of aliphatic hydroxyl groups excluding tert-OH is 1. The van der Waals surface area contributed by atoms with E-state index in [0.717, 1.165) is 22.4 Å². The van der Waals surface area contributed by atoms with Crippen LogP contribution in [0.1, 0.15) is 74.7 Å². The van der Waals surface area contributed by atoms with Crippen molar-refractivity contribution in [2.24, 2.45) is 11.3 Å². The average molecular weight is 686 g/mol. The number of oxazole rings is 2. The number of anilines is 1. The van der Waals surface area contributed by atoms with Gasteiger partial charge in [0.2, 0.25) is 23.6 Å². The molecule has 2 aromatic carbocycles. The van der Waals surface area contributed by atoms with Crippen molar-refractivity contribution in [3.05, 3.63) is 82.8 Å². The van der Waals surface area contributed by atoms with Crippen LogP contribution in [0.15, 0.2) is 57.6 Å². The number of aromatic nitrogens is 2. The Labute approximate surface area is 287 Å². The molecule has 14 heteroatoms. The number of carbonyl (C=O) groups is 3. The summed E-state index contributed by atoms with van der Waals surface area (Å²) in [4.78, 5) is 48.5. The van der Waals surface area contributed by atoms with Gasteiger partial charge >= 0.3 is 6.16 Å². The molecular weight excluding hydrogens is 646 g/mol. The molecule has 3 aliphatic rings. The van der Waals surface area contributed by atoms with Gasteiger partial charge in [-0.05, 0) is 34.6 Å². The van der Waals surface area contributed by atoms with Crippen molar-refractivity contribution in [1.82, 2.24) is 20.6 Å². The van der Waals surface area contributed by atoms with Crippen molar-refractivity contribution in [2.75, 3.05) is 12.4 Å². The Bertz CT molecular complexity index is 1980. The SMILES string of the molecule is COC(=O)OCc1coc(-c2nc3oc2C24c5ccccc5NC2Oc2ccc(cc24)C[C@H](NC(=O)[C@@H](O)C(C)C)C(=O)NC3C(C)(C)C)n1. The standard InChI is InChI=1S/C36H39N5O9/c1-17(2)26(42)30(44)38-23-14-18-11-12-24-21(13-18)36(20-9-7-8-10-22(20)39-33(36)49-24)28-25(31-37-19(15-47-31)16-48-34(45)46-6)40-32(50-28)27(35(3,4)5)41-29(23)43/h7-13,15,17,23,26-27,33,39,42H,14,16H2,1-6H3,(H,38,44)(H,41,43)/t23-,26-,27?,33?,36?/m0/s1. The first kappa shape index (κ1) is 33.1. The average Bonchev–Trinajstić information content (AvgIpc) is 3.85. The van der Waals surface area contributed by atoms with Crippen LogP contribution in [-0.2, 0) is 37.5 Å². The number of nitrogens with one attached hydrogen (secondary N) is 3. The summed E-state index contributed by atoms with van der Waals surface area (Å²) in [5, 5.41) is 19.9. The number of nitrogens with zero attached hydrogens (tertiary/aromatic N) is 2. The van der Waals surface area contributed by atoms with Crippen LogP contribution in [0.2, 0.25) is 0 Å². The number of methoxy groups -OCH3 is 1. The van der Waals surface area contributed by atoms with Gasteiger partial charge in [0.15, 0.2) is 17.7 Å². The summed E-state index contributed by atoms with van der Waals surface area (Å²) >= 11 is 0. The highest BCUT2D eigenvalue weighted by atomic mass is 16.7. The number of fused-ring (bicyclic) bond motifs is 4. The summed E-state index contributed by atoms with van der Waals surface area (Å²) in [6, 6.07) is 11.6. The lowest BCUT2D eigenvalue weighted by Gasteiger charge is -2.32. The molecular formula is C36H39N5O9. The van der Waals surface area contributed by atoms with E-state index in [1.54, 1.807) is 13.8 Å². The highest BCUT2D eigenvalue weighted by Crippen LogP contribution is 2.59. The lowest BCUT2D eigenvalue weighted by Crippen LogP contribution is -2.53. The molecule has 262 valence electrons. The number of benzene rings is 2. The van der Waals surface area contributed by atoms with Gasteiger partial charge in [-0.1, -0.05) is 65.0 Å². The van der Waals surface area contributed by atoms with E-state index in [2.05, 4.69) is 25.7 Å². The van der Waals surface area contributed by atoms with Crippen LogP contribution >= 0.6 is 0 Å². The summed E-state index contributed by atoms with van der Waals surface area (Å²) in [6.45, 7) is 9.05. The summed E-state index contributed by atoms with van der Waals surface area (Å²) in [7, 11) is 1.21. The highest BCUT2D eigenvalue weighted by Gasteiger charge is 2.61. The van der Waals surface area contributed by atoms with Gasteiger partial charge in [0, 0.05) is 17.7 Å². The van der Waals surface area contributed by atoms with E-state index >= 15 is 0 Å². The second-order valence-corrected chi connectivity index (χ2v) is 14.2. The zero-order valence-electron chi connectivity index (χ0n) is 28.5. The fourth-order valence-corrected chi connectivity index (χ4v) is 6.80.